The number of carbonyl (C=O) groups is 1. The molecule has 5 rings (SSSR count). The first-order valence-corrected chi connectivity index (χ1v) is 12.5. The second-order valence-electron chi connectivity index (χ2n) is 8.44. The van der Waals surface area contributed by atoms with Crippen LogP contribution in [0.1, 0.15) is 29.4 Å². The lowest BCUT2D eigenvalue weighted by molar-refractivity contribution is -0.192. The number of aliphatic carboxylic acids is 1. The number of hydrogen-bond donors (Lipinski definition) is 3. The molecule has 1 fully saturated rings. The normalized spacial score (nSPS) is 17.4. The van der Waals surface area contributed by atoms with Gasteiger partial charge in [0.05, 0.1) is 6.10 Å². The van der Waals surface area contributed by atoms with Crippen LogP contribution in [0.3, 0.4) is 0 Å². The van der Waals surface area contributed by atoms with E-state index in [-0.39, 0.29) is 11.9 Å². The average Bonchev–Trinajstić information content (AvgIpc) is 3.44. The first kappa shape index (κ1) is 27.3. The second kappa shape index (κ2) is 12.2. The number of anilines is 2. The molecule has 12 heteroatoms. The molecule has 2 aromatic carbocycles. The van der Waals surface area contributed by atoms with E-state index < -0.39 is 12.1 Å². The number of nitrogens with one attached hydrogen (secondary N) is 2. The van der Waals surface area contributed by atoms with Gasteiger partial charge in [-0.05, 0) is 41.3 Å². The number of thiophene rings is 1. The number of carboxylic acids is 1. The summed E-state index contributed by atoms with van der Waals surface area (Å²) < 4.78 is 51.7. The van der Waals surface area contributed by atoms with E-state index in [4.69, 9.17) is 14.6 Å². The van der Waals surface area contributed by atoms with E-state index in [9.17, 15) is 17.6 Å². The third kappa shape index (κ3) is 7.17. The number of benzene rings is 2. The Balaban J connectivity index is 0.000000426. The summed E-state index contributed by atoms with van der Waals surface area (Å²) in [5, 5.41) is 17.6. The van der Waals surface area contributed by atoms with Gasteiger partial charge in [0, 0.05) is 35.5 Å². The molecule has 0 saturated carbocycles. The Morgan fingerprint density at radius 1 is 1.08 bits per heavy atom. The largest absolute Gasteiger partial charge is 0.490 e. The maximum atomic E-state index is 14.1. The Morgan fingerprint density at radius 3 is 2.53 bits per heavy atom. The number of ether oxygens (including phenoxy) is 1. The number of fused-ring (bicyclic) bond motifs is 1. The lowest BCUT2D eigenvalue weighted by Crippen LogP contribution is -2.30. The van der Waals surface area contributed by atoms with Crippen LogP contribution in [0.4, 0.5) is 29.2 Å². The van der Waals surface area contributed by atoms with Crippen molar-refractivity contribution in [2.75, 3.05) is 17.2 Å². The molecule has 0 aliphatic carbocycles. The molecule has 3 N–H and O–H groups in total. The molecular weight excluding hydrogens is 524 g/mol. The van der Waals surface area contributed by atoms with Crippen LogP contribution >= 0.6 is 11.3 Å². The van der Waals surface area contributed by atoms with Crippen LogP contribution in [0, 0.1) is 5.82 Å². The van der Waals surface area contributed by atoms with Crippen LogP contribution in [0.25, 0.3) is 10.8 Å². The number of carboxylic acid groups (broad SMARTS) is 1. The monoisotopic (exact) mass is 548 g/mol. The van der Waals surface area contributed by atoms with Crippen molar-refractivity contribution < 1.29 is 32.2 Å². The minimum atomic E-state index is -5.08. The van der Waals surface area contributed by atoms with Crippen molar-refractivity contribution >= 4 is 39.7 Å². The molecule has 4 aromatic rings. The molecule has 7 nitrogen and oxygen atoms in total. The molecule has 2 atom stereocenters. The Kier molecular flexibility index (Phi) is 8.74. The minimum absolute atomic E-state index is 0.137. The quantitative estimate of drug-likeness (QED) is 0.240. The molecule has 1 aliphatic heterocycles. The standard InChI is InChI=1S/C24H23FN4OS.C2HF3O2/c25-20-8-7-16(18-4-1-2-5-19(18)20)14-26-23-13-24(28-15-27-23)29-17-9-10-30-21(12-17)22-6-3-11-31-22;3-2(4,5)1(6)7/h1-8,11,13,15,17,21H,9-10,12,14H2,(H2,26,27,28,29);(H,6,7). The fourth-order valence-electron chi connectivity index (χ4n) is 4.01. The molecule has 0 bridgehead atoms. The van der Waals surface area contributed by atoms with E-state index in [0.717, 1.165) is 42.0 Å². The summed E-state index contributed by atoms with van der Waals surface area (Å²) in [6.07, 6.45) is -1.54. The average molecular weight is 549 g/mol. The van der Waals surface area contributed by atoms with Gasteiger partial charge in [-0.2, -0.15) is 13.2 Å². The molecule has 38 heavy (non-hydrogen) atoms. The van der Waals surface area contributed by atoms with Crippen LogP contribution in [0.5, 0.6) is 0 Å². The molecule has 2 aromatic heterocycles. The van der Waals surface area contributed by atoms with E-state index in [2.05, 4.69) is 38.1 Å². The Morgan fingerprint density at radius 2 is 1.82 bits per heavy atom. The van der Waals surface area contributed by atoms with Crippen LogP contribution in [-0.4, -0.2) is 39.9 Å². The molecule has 200 valence electrons. The molecule has 0 radical (unpaired) electrons. The van der Waals surface area contributed by atoms with E-state index in [0.29, 0.717) is 18.0 Å². The SMILES string of the molecule is Fc1ccc(CNc2cc(NC3CCOC(c4cccs4)C3)ncn2)c2ccccc12.O=C(O)C(F)(F)F. The molecule has 0 spiro atoms. The highest BCUT2D eigenvalue weighted by atomic mass is 32.1. The van der Waals surface area contributed by atoms with Crippen molar-refractivity contribution in [3.63, 3.8) is 0 Å². The van der Waals surface area contributed by atoms with Crippen molar-refractivity contribution in [2.24, 2.45) is 0 Å². The molecular formula is C26H24F4N4O3S. The molecule has 0 amide bonds. The highest BCUT2D eigenvalue weighted by Gasteiger charge is 2.38. The van der Waals surface area contributed by atoms with E-state index in [1.165, 1.54) is 10.9 Å². The van der Waals surface area contributed by atoms with Gasteiger partial charge in [0.1, 0.15) is 23.8 Å². The summed E-state index contributed by atoms with van der Waals surface area (Å²) in [4.78, 5) is 18.9. The predicted molar refractivity (Wildman–Crippen MR) is 137 cm³/mol. The topological polar surface area (TPSA) is 96.4 Å². The smallest absolute Gasteiger partial charge is 0.475 e. The summed E-state index contributed by atoms with van der Waals surface area (Å²) in [5.74, 6) is -1.44. The summed E-state index contributed by atoms with van der Waals surface area (Å²) >= 11 is 1.73. The number of aromatic nitrogens is 2. The maximum Gasteiger partial charge on any atom is 0.490 e. The highest BCUT2D eigenvalue weighted by molar-refractivity contribution is 7.10. The van der Waals surface area contributed by atoms with Gasteiger partial charge < -0.3 is 20.5 Å². The molecule has 1 aliphatic rings. The summed E-state index contributed by atoms with van der Waals surface area (Å²) in [6.45, 7) is 1.28. The van der Waals surface area contributed by atoms with Gasteiger partial charge in [0.15, 0.2) is 0 Å². The summed E-state index contributed by atoms with van der Waals surface area (Å²) in [5.41, 5.74) is 1.02. The number of rotatable bonds is 6. The summed E-state index contributed by atoms with van der Waals surface area (Å²) in [7, 11) is 0. The van der Waals surface area contributed by atoms with Crippen molar-refractivity contribution in [1.82, 2.24) is 9.97 Å². The third-order valence-electron chi connectivity index (χ3n) is 5.83. The molecule has 2 unspecified atom stereocenters. The molecule has 3 heterocycles. The lowest BCUT2D eigenvalue weighted by atomic mass is 10.0. The fourth-order valence-corrected chi connectivity index (χ4v) is 4.79. The zero-order chi connectivity index (χ0) is 27.1. The predicted octanol–water partition coefficient (Wildman–Crippen LogP) is 6.41. The van der Waals surface area contributed by atoms with Gasteiger partial charge in [-0.3, -0.25) is 0 Å². The van der Waals surface area contributed by atoms with Gasteiger partial charge >= 0.3 is 12.1 Å². The minimum Gasteiger partial charge on any atom is -0.475 e. The zero-order valence-corrected chi connectivity index (χ0v) is 20.7. The van der Waals surface area contributed by atoms with Crippen LogP contribution in [-0.2, 0) is 16.1 Å². The fraction of sp³-hybridized carbons (Fsp3) is 0.269. The molecule has 1 saturated heterocycles. The van der Waals surface area contributed by atoms with Gasteiger partial charge in [-0.25, -0.2) is 19.2 Å². The van der Waals surface area contributed by atoms with Gasteiger partial charge in [0.25, 0.3) is 0 Å². The van der Waals surface area contributed by atoms with Crippen LogP contribution in [0.15, 0.2) is 66.3 Å². The highest BCUT2D eigenvalue weighted by Crippen LogP contribution is 2.32. The van der Waals surface area contributed by atoms with Gasteiger partial charge in [-0.1, -0.05) is 36.4 Å². The first-order valence-electron chi connectivity index (χ1n) is 11.6. The van der Waals surface area contributed by atoms with E-state index >= 15 is 0 Å². The maximum absolute atomic E-state index is 14.1. The number of halogens is 4. The third-order valence-corrected chi connectivity index (χ3v) is 6.79. The van der Waals surface area contributed by atoms with Crippen LogP contribution < -0.4 is 10.6 Å². The van der Waals surface area contributed by atoms with Crippen molar-refractivity contribution in [1.29, 1.82) is 0 Å². The zero-order valence-electron chi connectivity index (χ0n) is 19.9. The Bertz CT molecular complexity index is 1370. The van der Waals surface area contributed by atoms with Crippen molar-refractivity contribution in [3.05, 3.63) is 82.6 Å². The van der Waals surface area contributed by atoms with E-state index in [1.54, 1.807) is 23.7 Å². The van der Waals surface area contributed by atoms with Crippen molar-refractivity contribution in [2.45, 2.75) is 37.7 Å². The Labute approximate surface area is 219 Å². The Hall–Kier alpha value is -3.77. The number of hydrogen-bond acceptors (Lipinski definition) is 7. The second-order valence-corrected chi connectivity index (χ2v) is 9.42. The van der Waals surface area contributed by atoms with Gasteiger partial charge in [0.2, 0.25) is 0 Å². The number of nitrogens with zero attached hydrogens (tertiary/aromatic N) is 2. The summed E-state index contributed by atoms with van der Waals surface area (Å²) in [6, 6.07) is 17.3. The van der Waals surface area contributed by atoms with E-state index in [1.807, 2.05) is 30.3 Å². The number of alkyl halides is 3. The van der Waals surface area contributed by atoms with Crippen LogP contribution in [0.2, 0.25) is 0 Å². The lowest BCUT2D eigenvalue weighted by Gasteiger charge is -2.30. The first-order chi connectivity index (χ1) is 18.2. The van der Waals surface area contributed by atoms with Gasteiger partial charge in [-0.15, -0.1) is 11.3 Å². The van der Waals surface area contributed by atoms with Crippen molar-refractivity contribution in [3.8, 4) is 0 Å².